The molecular weight excluding hydrogens is 374 g/mol. The summed E-state index contributed by atoms with van der Waals surface area (Å²) in [6, 6.07) is 4.04. The van der Waals surface area contributed by atoms with E-state index in [1.54, 1.807) is 11.4 Å². The van der Waals surface area contributed by atoms with Gasteiger partial charge in [0.25, 0.3) is 0 Å². The molecule has 0 radical (unpaired) electrons. The van der Waals surface area contributed by atoms with E-state index in [4.69, 9.17) is 16.3 Å². The van der Waals surface area contributed by atoms with Crippen LogP contribution in [0.15, 0.2) is 28.1 Å². The molecule has 0 aliphatic heterocycles. The molecule has 0 unspecified atom stereocenters. The molecule has 0 saturated carbocycles. The van der Waals surface area contributed by atoms with Crippen LogP contribution in [0.5, 0.6) is 11.6 Å². The molecule has 0 amide bonds. The highest BCUT2D eigenvalue weighted by molar-refractivity contribution is 9.10. The molecule has 0 atom stereocenters. The van der Waals surface area contributed by atoms with Crippen LogP contribution in [-0.4, -0.2) is 9.97 Å². The fourth-order valence-electron chi connectivity index (χ4n) is 1.59. The SMILES string of the molecule is Fc1cc(Br)cc(Oc2nc(Cl)nc3sccc23)c1F. The van der Waals surface area contributed by atoms with Crippen molar-refractivity contribution < 1.29 is 13.5 Å². The molecule has 20 heavy (non-hydrogen) atoms. The number of rotatable bonds is 2. The summed E-state index contributed by atoms with van der Waals surface area (Å²) in [5.74, 6) is -2.31. The summed E-state index contributed by atoms with van der Waals surface area (Å²) < 4.78 is 32.7. The summed E-state index contributed by atoms with van der Waals surface area (Å²) in [5, 5.41) is 2.34. The number of hydrogen-bond donors (Lipinski definition) is 0. The third-order valence-corrected chi connectivity index (χ3v) is 3.86. The van der Waals surface area contributed by atoms with Crippen LogP contribution in [0.4, 0.5) is 8.78 Å². The highest BCUT2D eigenvalue weighted by atomic mass is 79.9. The Morgan fingerprint density at radius 3 is 2.85 bits per heavy atom. The van der Waals surface area contributed by atoms with E-state index in [-0.39, 0.29) is 16.9 Å². The molecule has 0 saturated heterocycles. The molecule has 102 valence electrons. The third-order valence-electron chi connectivity index (χ3n) is 2.43. The zero-order valence-corrected chi connectivity index (χ0v) is 12.7. The number of fused-ring (bicyclic) bond motifs is 1. The molecule has 3 rings (SSSR count). The van der Waals surface area contributed by atoms with Crippen LogP contribution in [0, 0.1) is 11.6 Å². The zero-order valence-electron chi connectivity index (χ0n) is 9.53. The number of thiophene rings is 1. The van der Waals surface area contributed by atoms with Crippen molar-refractivity contribution in [2.75, 3.05) is 0 Å². The van der Waals surface area contributed by atoms with Gasteiger partial charge in [0.15, 0.2) is 11.6 Å². The van der Waals surface area contributed by atoms with Gasteiger partial charge in [0.2, 0.25) is 17.0 Å². The lowest BCUT2D eigenvalue weighted by Crippen LogP contribution is -1.95. The molecule has 2 heterocycles. The molecule has 0 spiro atoms. The predicted octanol–water partition coefficient (Wildman–Crippen LogP) is 5.18. The largest absolute Gasteiger partial charge is 0.435 e. The van der Waals surface area contributed by atoms with E-state index >= 15 is 0 Å². The smallest absolute Gasteiger partial charge is 0.232 e. The monoisotopic (exact) mass is 376 g/mol. The van der Waals surface area contributed by atoms with Crippen LogP contribution in [0.3, 0.4) is 0 Å². The molecule has 0 aliphatic carbocycles. The van der Waals surface area contributed by atoms with Crippen LogP contribution < -0.4 is 4.74 Å². The number of nitrogens with zero attached hydrogens (tertiary/aromatic N) is 2. The highest BCUT2D eigenvalue weighted by Crippen LogP contribution is 2.34. The second-order valence-corrected chi connectivity index (χ2v) is 5.89. The van der Waals surface area contributed by atoms with Crippen LogP contribution in [0.25, 0.3) is 10.2 Å². The number of halogens is 4. The lowest BCUT2D eigenvalue weighted by Gasteiger charge is -2.08. The first-order valence-corrected chi connectivity index (χ1v) is 7.33. The quantitative estimate of drug-likeness (QED) is 0.456. The van der Waals surface area contributed by atoms with Gasteiger partial charge in [-0.1, -0.05) is 15.9 Å². The van der Waals surface area contributed by atoms with Gasteiger partial charge in [-0.2, -0.15) is 9.37 Å². The van der Waals surface area contributed by atoms with Crippen molar-refractivity contribution >= 4 is 49.1 Å². The van der Waals surface area contributed by atoms with Gasteiger partial charge < -0.3 is 4.74 Å². The van der Waals surface area contributed by atoms with E-state index in [1.807, 2.05) is 0 Å². The Morgan fingerprint density at radius 1 is 1.25 bits per heavy atom. The molecule has 0 aliphatic rings. The van der Waals surface area contributed by atoms with Gasteiger partial charge in [-0.3, -0.25) is 0 Å². The second-order valence-electron chi connectivity index (χ2n) is 3.74. The molecule has 1 aromatic carbocycles. The molecule has 3 nitrogen and oxygen atoms in total. The van der Waals surface area contributed by atoms with E-state index < -0.39 is 11.6 Å². The molecule has 3 aromatic rings. The highest BCUT2D eigenvalue weighted by Gasteiger charge is 2.16. The average Bonchev–Trinajstić information content (AvgIpc) is 2.83. The van der Waals surface area contributed by atoms with E-state index in [2.05, 4.69) is 25.9 Å². The minimum atomic E-state index is -1.09. The zero-order chi connectivity index (χ0) is 14.3. The summed E-state index contributed by atoms with van der Waals surface area (Å²) in [5.41, 5.74) is 0. The maximum atomic E-state index is 13.7. The normalized spacial score (nSPS) is 11.0. The minimum Gasteiger partial charge on any atom is -0.435 e. The van der Waals surface area contributed by atoms with E-state index in [9.17, 15) is 8.78 Å². The first kappa shape index (κ1) is 13.7. The van der Waals surface area contributed by atoms with Gasteiger partial charge in [-0.25, -0.2) is 9.37 Å². The van der Waals surface area contributed by atoms with Gasteiger partial charge in [-0.15, -0.1) is 11.3 Å². The molecule has 0 fully saturated rings. The fraction of sp³-hybridized carbons (Fsp3) is 0. The number of hydrogen-bond acceptors (Lipinski definition) is 4. The van der Waals surface area contributed by atoms with Crippen LogP contribution in [0.2, 0.25) is 5.28 Å². The average molecular weight is 378 g/mol. The third kappa shape index (κ3) is 2.48. The van der Waals surface area contributed by atoms with Crippen molar-refractivity contribution in [1.82, 2.24) is 9.97 Å². The Hall–Kier alpha value is -1.31. The maximum absolute atomic E-state index is 13.7. The molecule has 0 bridgehead atoms. The van der Waals surface area contributed by atoms with Crippen molar-refractivity contribution in [3.63, 3.8) is 0 Å². The Kier molecular flexibility index (Phi) is 3.57. The topological polar surface area (TPSA) is 35.0 Å². The van der Waals surface area contributed by atoms with Crippen molar-refractivity contribution in [2.24, 2.45) is 0 Å². The Balaban J connectivity index is 2.12. The van der Waals surface area contributed by atoms with E-state index in [1.165, 1.54) is 17.4 Å². The molecule has 2 aromatic heterocycles. The van der Waals surface area contributed by atoms with Crippen molar-refractivity contribution in [2.45, 2.75) is 0 Å². The van der Waals surface area contributed by atoms with Crippen molar-refractivity contribution in [1.29, 1.82) is 0 Å². The van der Waals surface area contributed by atoms with Gasteiger partial charge in [0.05, 0.1) is 5.39 Å². The van der Waals surface area contributed by atoms with E-state index in [0.29, 0.717) is 14.7 Å². The Bertz CT molecular complexity index is 811. The summed E-state index contributed by atoms with van der Waals surface area (Å²) in [6.45, 7) is 0. The number of ether oxygens (including phenoxy) is 1. The van der Waals surface area contributed by atoms with Crippen LogP contribution >= 0.6 is 38.9 Å². The predicted molar refractivity (Wildman–Crippen MR) is 76.6 cm³/mol. The lowest BCUT2D eigenvalue weighted by atomic mass is 10.3. The summed E-state index contributed by atoms with van der Waals surface area (Å²) >= 11 is 10.2. The standard InChI is InChI=1S/C12H4BrClF2N2OS/c13-5-3-7(15)9(16)8(4-5)19-10-6-1-2-20-11(6)18-12(14)17-10/h1-4H. The second kappa shape index (κ2) is 5.23. The van der Waals surface area contributed by atoms with Crippen LogP contribution in [0.1, 0.15) is 0 Å². The van der Waals surface area contributed by atoms with Crippen molar-refractivity contribution in [3.05, 3.63) is 45.0 Å². The summed E-state index contributed by atoms with van der Waals surface area (Å²) in [7, 11) is 0. The van der Waals surface area contributed by atoms with Crippen LogP contribution in [-0.2, 0) is 0 Å². The molecule has 0 N–H and O–H groups in total. The lowest BCUT2D eigenvalue weighted by molar-refractivity contribution is 0.408. The van der Waals surface area contributed by atoms with Crippen molar-refractivity contribution in [3.8, 4) is 11.6 Å². The molecular formula is C12H4BrClF2N2OS. The summed E-state index contributed by atoms with van der Waals surface area (Å²) in [4.78, 5) is 8.52. The first-order valence-electron chi connectivity index (χ1n) is 5.28. The summed E-state index contributed by atoms with van der Waals surface area (Å²) in [6.07, 6.45) is 0. The maximum Gasteiger partial charge on any atom is 0.232 e. The van der Waals surface area contributed by atoms with Gasteiger partial charge in [0, 0.05) is 4.47 Å². The molecule has 8 heteroatoms. The van der Waals surface area contributed by atoms with Gasteiger partial charge in [-0.05, 0) is 35.2 Å². The van der Waals surface area contributed by atoms with Gasteiger partial charge >= 0.3 is 0 Å². The first-order chi connectivity index (χ1) is 9.54. The minimum absolute atomic E-state index is 0.0224. The fourth-order valence-corrected chi connectivity index (χ4v) is 2.97. The Labute approximate surface area is 129 Å². The van der Waals surface area contributed by atoms with Gasteiger partial charge in [0.1, 0.15) is 4.83 Å². The van der Waals surface area contributed by atoms with E-state index in [0.717, 1.165) is 6.07 Å². The Morgan fingerprint density at radius 2 is 2.05 bits per heavy atom. The number of aromatic nitrogens is 2. The number of benzene rings is 1.